The van der Waals surface area contributed by atoms with Crippen LogP contribution in [-0.2, 0) is 32.4 Å². The number of carbonyl (C=O) groups is 2. The molecule has 0 aliphatic carbocycles. The van der Waals surface area contributed by atoms with Crippen molar-refractivity contribution in [3.63, 3.8) is 0 Å². The standard InChI is InChI=1S/C29H37N3O5S/c1-29(2,3)37-28(34)30-20-25(19-21-14-15-22-10-6-7-12-24(22)18-21)27(33)32(4)17-16-23-11-8-9-13-26(23)31-38(5,35)36/h6-15,18,25,31H,16-17,19-20H2,1-5H3,(H,30,34)/t25-/m1/s1. The summed E-state index contributed by atoms with van der Waals surface area (Å²) < 4.78 is 31.4. The van der Waals surface area contributed by atoms with Gasteiger partial charge in [-0.25, -0.2) is 13.2 Å². The van der Waals surface area contributed by atoms with Crippen molar-refractivity contribution in [2.24, 2.45) is 5.92 Å². The number of rotatable bonds is 10. The van der Waals surface area contributed by atoms with Gasteiger partial charge in [-0.2, -0.15) is 0 Å². The minimum absolute atomic E-state index is 0.122. The van der Waals surface area contributed by atoms with Crippen LogP contribution in [0.3, 0.4) is 0 Å². The van der Waals surface area contributed by atoms with Gasteiger partial charge in [0.1, 0.15) is 5.60 Å². The third-order valence-corrected chi connectivity index (χ3v) is 6.53. The molecule has 3 rings (SSSR count). The number of fused-ring (bicyclic) bond motifs is 1. The van der Waals surface area contributed by atoms with Crippen molar-refractivity contribution in [3.8, 4) is 0 Å². The molecule has 204 valence electrons. The number of sulfonamides is 1. The molecule has 0 unspecified atom stereocenters. The number of carbonyl (C=O) groups excluding carboxylic acids is 2. The average molecular weight is 540 g/mol. The number of likely N-dealkylation sites (N-methyl/N-ethyl adjacent to an activating group) is 1. The normalized spacial score (nSPS) is 12.6. The summed E-state index contributed by atoms with van der Waals surface area (Å²) in [6, 6.07) is 21.3. The lowest BCUT2D eigenvalue weighted by molar-refractivity contribution is -0.134. The van der Waals surface area contributed by atoms with Crippen LogP contribution in [-0.4, -0.2) is 57.3 Å². The lowest BCUT2D eigenvalue weighted by atomic mass is 9.95. The number of ether oxygens (including phenoxy) is 1. The molecular weight excluding hydrogens is 502 g/mol. The van der Waals surface area contributed by atoms with E-state index in [1.54, 1.807) is 44.9 Å². The van der Waals surface area contributed by atoms with Gasteiger partial charge in [-0.3, -0.25) is 9.52 Å². The van der Waals surface area contributed by atoms with E-state index in [2.05, 4.69) is 16.1 Å². The zero-order valence-electron chi connectivity index (χ0n) is 22.7. The van der Waals surface area contributed by atoms with Gasteiger partial charge < -0.3 is 15.0 Å². The highest BCUT2D eigenvalue weighted by atomic mass is 32.2. The summed E-state index contributed by atoms with van der Waals surface area (Å²) in [4.78, 5) is 27.5. The van der Waals surface area contributed by atoms with E-state index in [1.807, 2.05) is 48.5 Å². The zero-order chi connectivity index (χ0) is 27.9. The molecule has 38 heavy (non-hydrogen) atoms. The molecule has 3 aromatic rings. The predicted molar refractivity (Wildman–Crippen MR) is 152 cm³/mol. The number of anilines is 1. The molecule has 0 fully saturated rings. The second kappa shape index (κ2) is 12.3. The Morgan fingerprint density at radius 1 is 0.974 bits per heavy atom. The lowest BCUT2D eigenvalue weighted by Gasteiger charge is -2.26. The zero-order valence-corrected chi connectivity index (χ0v) is 23.5. The smallest absolute Gasteiger partial charge is 0.407 e. The summed E-state index contributed by atoms with van der Waals surface area (Å²) >= 11 is 0. The summed E-state index contributed by atoms with van der Waals surface area (Å²) in [6.45, 7) is 5.86. The summed E-state index contributed by atoms with van der Waals surface area (Å²) in [6.07, 6.45) is 1.44. The van der Waals surface area contributed by atoms with Gasteiger partial charge in [-0.05, 0) is 61.6 Å². The largest absolute Gasteiger partial charge is 0.444 e. The average Bonchev–Trinajstić information content (AvgIpc) is 2.83. The first-order chi connectivity index (χ1) is 17.8. The van der Waals surface area contributed by atoms with E-state index in [4.69, 9.17) is 4.74 Å². The quantitative estimate of drug-likeness (QED) is 0.392. The van der Waals surface area contributed by atoms with E-state index in [1.165, 1.54) is 0 Å². The summed E-state index contributed by atoms with van der Waals surface area (Å²) in [5, 5.41) is 4.95. The fourth-order valence-corrected chi connectivity index (χ4v) is 4.76. The number of hydrogen-bond acceptors (Lipinski definition) is 5. The Bertz CT molecular complexity index is 1380. The first-order valence-corrected chi connectivity index (χ1v) is 14.4. The van der Waals surface area contributed by atoms with Crippen molar-refractivity contribution >= 4 is 38.5 Å². The number of para-hydroxylation sites is 1. The highest BCUT2D eigenvalue weighted by molar-refractivity contribution is 7.92. The van der Waals surface area contributed by atoms with Gasteiger partial charge in [0, 0.05) is 20.1 Å². The highest BCUT2D eigenvalue weighted by Gasteiger charge is 2.25. The molecule has 0 aliphatic rings. The number of alkyl carbamates (subject to hydrolysis) is 1. The molecular formula is C29H37N3O5S. The van der Waals surface area contributed by atoms with Gasteiger partial charge in [0.15, 0.2) is 0 Å². The second-order valence-corrected chi connectivity index (χ2v) is 12.3. The molecule has 0 spiro atoms. The Hall–Kier alpha value is -3.59. The third-order valence-electron chi connectivity index (χ3n) is 5.94. The fraction of sp³-hybridized carbons (Fsp3) is 0.379. The molecule has 9 heteroatoms. The molecule has 1 atom stereocenters. The van der Waals surface area contributed by atoms with E-state index < -0.39 is 27.6 Å². The molecule has 0 aromatic heterocycles. The minimum Gasteiger partial charge on any atom is -0.444 e. The van der Waals surface area contributed by atoms with Crippen molar-refractivity contribution in [1.29, 1.82) is 0 Å². The van der Waals surface area contributed by atoms with E-state index in [0.29, 0.717) is 25.1 Å². The van der Waals surface area contributed by atoms with Crippen LogP contribution in [0.4, 0.5) is 10.5 Å². The van der Waals surface area contributed by atoms with E-state index in [-0.39, 0.29) is 12.5 Å². The summed E-state index contributed by atoms with van der Waals surface area (Å²) in [5.41, 5.74) is 1.63. The van der Waals surface area contributed by atoms with Gasteiger partial charge in [-0.15, -0.1) is 0 Å². The summed E-state index contributed by atoms with van der Waals surface area (Å²) in [7, 11) is -1.71. The van der Waals surface area contributed by atoms with Gasteiger partial charge in [0.25, 0.3) is 0 Å². The molecule has 0 heterocycles. The molecule has 0 saturated heterocycles. The molecule has 2 amide bonds. The molecule has 3 aromatic carbocycles. The van der Waals surface area contributed by atoms with Crippen LogP contribution >= 0.6 is 0 Å². The molecule has 0 radical (unpaired) electrons. The number of hydrogen-bond donors (Lipinski definition) is 2. The Labute approximate surface area is 225 Å². The fourth-order valence-electron chi connectivity index (χ4n) is 4.17. The van der Waals surface area contributed by atoms with Gasteiger partial charge >= 0.3 is 6.09 Å². The minimum atomic E-state index is -3.43. The topological polar surface area (TPSA) is 105 Å². The van der Waals surface area contributed by atoms with Gasteiger partial charge in [-0.1, -0.05) is 60.7 Å². The van der Waals surface area contributed by atoms with Gasteiger partial charge in [0.05, 0.1) is 17.9 Å². The first kappa shape index (κ1) is 29.0. The third kappa shape index (κ3) is 9.06. The molecule has 0 saturated carbocycles. The van der Waals surface area contributed by atoms with Crippen molar-refractivity contribution in [2.45, 2.75) is 39.2 Å². The van der Waals surface area contributed by atoms with Crippen LogP contribution in [0.15, 0.2) is 66.7 Å². The monoisotopic (exact) mass is 539 g/mol. The highest BCUT2D eigenvalue weighted by Crippen LogP contribution is 2.20. The van der Waals surface area contributed by atoms with Crippen molar-refractivity contribution in [1.82, 2.24) is 10.2 Å². The van der Waals surface area contributed by atoms with Crippen molar-refractivity contribution < 1.29 is 22.7 Å². The van der Waals surface area contributed by atoms with Gasteiger partial charge in [0.2, 0.25) is 15.9 Å². The number of nitrogens with one attached hydrogen (secondary N) is 2. The van der Waals surface area contributed by atoms with Crippen LogP contribution in [0, 0.1) is 5.92 Å². The maximum absolute atomic E-state index is 13.6. The van der Waals surface area contributed by atoms with Crippen LogP contribution < -0.4 is 10.0 Å². The molecule has 2 N–H and O–H groups in total. The maximum atomic E-state index is 13.6. The molecule has 0 aliphatic heterocycles. The lowest BCUT2D eigenvalue weighted by Crippen LogP contribution is -2.42. The van der Waals surface area contributed by atoms with Crippen LogP contribution in [0.25, 0.3) is 10.8 Å². The number of amides is 2. The Morgan fingerprint density at radius 3 is 2.32 bits per heavy atom. The van der Waals surface area contributed by atoms with E-state index in [9.17, 15) is 18.0 Å². The van der Waals surface area contributed by atoms with E-state index >= 15 is 0 Å². The molecule has 0 bridgehead atoms. The maximum Gasteiger partial charge on any atom is 0.407 e. The van der Waals surface area contributed by atoms with Crippen LogP contribution in [0.5, 0.6) is 0 Å². The van der Waals surface area contributed by atoms with Crippen LogP contribution in [0.1, 0.15) is 31.9 Å². The van der Waals surface area contributed by atoms with Crippen LogP contribution in [0.2, 0.25) is 0 Å². The number of nitrogens with zero attached hydrogens (tertiary/aromatic N) is 1. The Morgan fingerprint density at radius 2 is 1.63 bits per heavy atom. The van der Waals surface area contributed by atoms with Crippen molar-refractivity contribution in [3.05, 3.63) is 77.9 Å². The number of benzene rings is 3. The SMILES string of the molecule is CN(CCc1ccccc1NS(C)(=O)=O)C(=O)[C@@H](CNC(=O)OC(C)(C)C)Cc1ccc2ccccc2c1. The predicted octanol–water partition coefficient (Wildman–Crippen LogP) is 4.60. The summed E-state index contributed by atoms with van der Waals surface area (Å²) in [5.74, 6) is -0.638. The Balaban J connectivity index is 1.74. The molecule has 8 nitrogen and oxygen atoms in total. The first-order valence-electron chi connectivity index (χ1n) is 12.6. The Kier molecular flexibility index (Phi) is 9.38. The van der Waals surface area contributed by atoms with Crippen molar-refractivity contribution in [2.75, 3.05) is 31.1 Å². The second-order valence-electron chi connectivity index (χ2n) is 10.5. The van der Waals surface area contributed by atoms with E-state index in [0.717, 1.165) is 28.2 Å².